The minimum absolute atomic E-state index is 0.279. The van der Waals surface area contributed by atoms with Crippen LogP contribution >= 0.6 is 0 Å². The average molecular weight is 308 g/mol. The SMILES string of the molecule is COc1nc(C)c(NC(=O)c2ccc3ccccc3n2)c(C)n1. The predicted octanol–water partition coefficient (Wildman–Crippen LogP) is 2.90. The molecule has 0 atom stereocenters. The first-order chi connectivity index (χ1) is 11.1. The molecule has 3 aromatic rings. The van der Waals surface area contributed by atoms with Gasteiger partial charge in [0, 0.05) is 5.39 Å². The van der Waals surface area contributed by atoms with Crippen LogP contribution in [0.5, 0.6) is 6.01 Å². The fourth-order valence-corrected chi connectivity index (χ4v) is 2.33. The van der Waals surface area contributed by atoms with Gasteiger partial charge in [0.25, 0.3) is 5.91 Å². The van der Waals surface area contributed by atoms with Crippen molar-refractivity contribution in [3.05, 3.63) is 53.5 Å². The molecule has 1 N–H and O–H groups in total. The maximum atomic E-state index is 12.5. The summed E-state index contributed by atoms with van der Waals surface area (Å²) in [4.78, 5) is 25.2. The summed E-state index contributed by atoms with van der Waals surface area (Å²) in [7, 11) is 1.51. The number of rotatable bonds is 3. The highest BCUT2D eigenvalue weighted by Gasteiger charge is 2.14. The van der Waals surface area contributed by atoms with E-state index in [4.69, 9.17) is 4.74 Å². The van der Waals surface area contributed by atoms with Crippen LogP contribution in [0.25, 0.3) is 10.9 Å². The molecule has 116 valence electrons. The summed E-state index contributed by atoms with van der Waals surface area (Å²) in [5.41, 5.74) is 2.98. The lowest BCUT2D eigenvalue weighted by molar-refractivity contribution is 0.102. The van der Waals surface area contributed by atoms with Gasteiger partial charge in [0.15, 0.2) is 0 Å². The van der Waals surface area contributed by atoms with Crippen molar-refractivity contribution in [1.29, 1.82) is 0 Å². The number of methoxy groups -OCH3 is 1. The summed E-state index contributed by atoms with van der Waals surface area (Å²) in [5.74, 6) is -0.296. The summed E-state index contributed by atoms with van der Waals surface area (Å²) in [6, 6.07) is 11.5. The summed E-state index contributed by atoms with van der Waals surface area (Å²) in [6.45, 7) is 3.58. The van der Waals surface area contributed by atoms with Gasteiger partial charge in [-0.3, -0.25) is 4.79 Å². The van der Waals surface area contributed by atoms with E-state index in [9.17, 15) is 4.79 Å². The van der Waals surface area contributed by atoms with Crippen molar-refractivity contribution in [3.63, 3.8) is 0 Å². The monoisotopic (exact) mass is 308 g/mol. The van der Waals surface area contributed by atoms with Crippen molar-refractivity contribution in [3.8, 4) is 6.01 Å². The number of pyridine rings is 1. The van der Waals surface area contributed by atoms with Crippen LogP contribution in [0.2, 0.25) is 0 Å². The Kier molecular flexibility index (Phi) is 3.89. The molecular weight excluding hydrogens is 292 g/mol. The molecule has 23 heavy (non-hydrogen) atoms. The van der Waals surface area contributed by atoms with E-state index in [0.29, 0.717) is 22.8 Å². The third kappa shape index (κ3) is 2.96. The number of carbonyl (C=O) groups excluding carboxylic acids is 1. The van der Waals surface area contributed by atoms with Crippen LogP contribution < -0.4 is 10.1 Å². The number of hydrogen-bond donors (Lipinski definition) is 1. The van der Waals surface area contributed by atoms with Crippen molar-refractivity contribution < 1.29 is 9.53 Å². The first kappa shape index (κ1) is 14.9. The summed E-state index contributed by atoms with van der Waals surface area (Å²) in [6.07, 6.45) is 0. The molecule has 0 saturated heterocycles. The number of carbonyl (C=O) groups is 1. The van der Waals surface area contributed by atoms with E-state index in [1.165, 1.54) is 7.11 Å². The Bertz CT molecular complexity index is 870. The van der Waals surface area contributed by atoms with Crippen LogP contribution in [-0.2, 0) is 0 Å². The largest absolute Gasteiger partial charge is 0.467 e. The highest BCUT2D eigenvalue weighted by molar-refractivity contribution is 6.04. The maximum absolute atomic E-state index is 12.5. The number of nitrogens with zero attached hydrogens (tertiary/aromatic N) is 3. The van der Waals surface area contributed by atoms with Crippen LogP contribution in [0.1, 0.15) is 21.9 Å². The lowest BCUT2D eigenvalue weighted by Gasteiger charge is -2.11. The lowest BCUT2D eigenvalue weighted by Crippen LogP contribution is -2.16. The second-order valence-corrected chi connectivity index (χ2v) is 5.10. The zero-order valence-corrected chi connectivity index (χ0v) is 13.1. The minimum atomic E-state index is -0.296. The van der Waals surface area contributed by atoms with E-state index < -0.39 is 0 Å². The van der Waals surface area contributed by atoms with Gasteiger partial charge in [0.05, 0.1) is 29.7 Å². The van der Waals surface area contributed by atoms with Crippen molar-refractivity contribution in [1.82, 2.24) is 15.0 Å². The summed E-state index contributed by atoms with van der Waals surface area (Å²) >= 11 is 0. The number of amides is 1. The van der Waals surface area contributed by atoms with Gasteiger partial charge >= 0.3 is 6.01 Å². The van der Waals surface area contributed by atoms with Gasteiger partial charge in [-0.25, -0.2) is 4.98 Å². The third-order valence-corrected chi connectivity index (χ3v) is 3.50. The normalized spacial score (nSPS) is 10.6. The third-order valence-electron chi connectivity index (χ3n) is 3.50. The van der Waals surface area contributed by atoms with Crippen LogP contribution in [-0.4, -0.2) is 28.0 Å². The molecule has 3 rings (SSSR count). The summed E-state index contributed by atoms with van der Waals surface area (Å²) < 4.78 is 5.02. The molecule has 6 heteroatoms. The van der Waals surface area contributed by atoms with Crippen LogP contribution in [0.4, 0.5) is 5.69 Å². The molecule has 0 spiro atoms. The van der Waals surface area contributed by atoms with Gasteiger partial charge in [0.1, 0.15) is 5.69 Å². The fraction of sp³-hybridized carbons (Fsp3) is 0.176. The van der Waals surface area contributed by atoms with Gasteiger partial charge in [-0.1, -0.05) is 24.3 Å². The van der Waals surface area contributed by atoms with Gasteiger partial charge in [-0.2, -0.15) is 9.97 Å². The zero-order valence-electron chi connectivity index (χ0n) is 13.1. The first-order valence-electron chi connectivity index (χ1n) is 7.15. The van der Waals surface area contributed by atoms with Crippen LogP contribution in [0, 0.1) is 13.8 Å². The lowest BCUT2D eigenvalue weighted by atomic mass is 10.2. The number of para-hydroxylation sites is 1. The van der Waals surface area contributed by atoms with E-state index in [1.807, 2.05) is 30.3 Å². The van der Waals surface area contributed by atoms with E-state index in [0.717, 1.165) is 10.9 Å². The van der Waals surface area contributed by atoms with Gasteiger partial charge in [-0.15, -0.1) is 0 Å². The fourth-order valence-electron chi connectivity index (χ4n) is 2.33. The van der Waals surface area contributed by atoms with Crippen molar-refractivity contribution >= 4 is 22.5 Å². The molecule has 0 saturated carbocycles. The quantitative estimate of drug-likeness (QED) is 0.805. The Morgan fingerprint density at radius 3 is 2.39 bits per heavy atom. The second kappa shape index (κ2) is 6.00. The number of anilines is 1. The van der Waals surface area contributed by atoms with Crippen molar-refractivity contribution in [2.24, 2.45) is 0 Å². The molecule has 0 aliphatic rings. The topological polar surface area (TPSA) is 77.0 Å². The van der Waals surface area contributed by atoms with E-state index in [1.54, 1.807) is 19.9 Å². The van der Waals surface area contributed by atoms with Gasteiger partial charge < -0.3 is 10.1 Å². The number of ether oxygens (including phenoxy) is 1. The standard InChI is InChI=1S/C17H16N4O2/c1-10-15(11(2)19-17(18-10)23-3)21-16(22)14-9-8-12-6-4-5-7-13(12)20-14/h4-9H,1-3H3,(H,21,22). The van der Waals surface area contributed by atoms with Gasteiger partial charge in [-0.05, 0) is 26.0 Å². The molecule has 0 aliphatic heterocycles. The molecule has 1 aromatic carbocycles. The van der Waals surface area contributed by atoms with Crippen molar-refractivity contribution in [2.75, 3.05) is 12.4 Å². The maximum Gasteiger partial charge on any atom is 0.316 e. The number of aryl methyl sites for hydroxylation is 2. The minimum Gasteiger partial charge on any atom is -0.467 e. The summed E-state index contributed by atoms with van der Waals surface area (Å²) in [5, 5.41) is 3.82. The Labute approximate surface area is 133 Å². The van der Waals surface area contributed by atoms with E-state index in [2.05, 4.69) is 20.3 Å². The molecule has 1 amide bonds. The first-order valence-corrected chi connectivity index (χ1v) is 7.15. The smallest absolute Gasteiger partial charge is 0.316 e. The molecule has 0 aliphatic carbocycles. The highest BCUT2D eigenvalue weighted by atomic mass is 16.5. The molecule has 2 aromatic heterocycles. The molecular formula is C17H16N4O2. The van der Waals surface area contributed by atoms with Crippen molar-refractivity contribution in [2.45, 2.75) is 13.8 Å². The van der Waals surface area contributed by atoms with Crippen LogP contribution in [0.3, 0.4) is 0 Å². The van der Waals surface area contributed by atoms with E-state index in [-0.39, 0.29) is 11.9 Å². The second-order valence-electron chi connectivity index (χ2n) is 5.10. The van der Waals surface area contributed by atoms with Crippen LogP contribution in [0.15, 0.2) is 36.4 Å². The predicted molar refractivity (Wildman–Crippen MR) is 87.8 cm³/mol. The average Bonchev–Trinajstić information content (AvgIpc) is 2.57. The Hall–Kier alpha value is -3.02. The molecule has 0 fully saturated rings. The number of nitrogens with one attached hydrogen (secondary N) is 1. The number of hydrogen-bond acceptors (Lipinski definition) is 5. The molecule has 2 heterocycles. The highest BCUT2D eigenvalue weighted by Crippen LogP contribution is 2.20. The molecule has 0 unspecified atom stereocenters. The molecule has 0 bridgehead atoms. The Morgan fingerprint density at radius 1 is 1.00 bits per heavy atom. The molecule has 6 nitrogen and oxygen atoms in total. The Balaban J connectivity index is 1.91. The zero-order chi connectivity index (χ0) is 16.4. The number of benzene rings is 1. The van der Waals surface area contributed by atoms with Gasteiger partial charge in [0.2, 0.25) is 0 Å². The Morgan fingerprint density at radius 2 is 1.70 bits per heavy atom. The molecule has 0 radical (unpaired) electrons. The number of aromatic nitrogens is 3. The number of fused-ring (bicyclic) bond motifs is 1. The van der Waals surface area contributed by atoms with E-state index >= 15 is 0 Å².